The van der Waals surface area contributed by atoms with Crippen LogP contribution in [0.4, 0.5) is 0 Å². The molecule has 1 N–H and O–H groups in total. The summed E-state index contributed by atoms with van der Waals surface area (Å²) in [5.41, 5.74) is 0.590. The lowest BCUT2D eigenvalue weighted by Gasteiger charge is -2.03. The van der Waals surface area contributed by atoms with Crippen LogP contribution in [0.1, 0.15) is 22.3 Å². The van der Waals surface area contributed by atoms with Crippen LogP contribution in [-0.2, 0) is 0 Å². The molecule has 0 spiro atoms. The molecule has 0 fully saturated rings. The Hall–Kier alpha value is -1.48. The van der Waals surface area contributed by atoms with E-state index in [1.807, 2.05) is 6.07 Å². The number of rotatable bonds is 2. The normalized spacial score (nSPS) is 11.8. The van der Waals surface area contributed by atoms with E-state index in [0.717, 1.165) is 11.5 Å². The summed E-state index contributed by atoms with van der Waals surface area (Å²) in [7, 11) is 0. The lowest BCUT2D eigenvalue weighted by molar-refractivity contribution is 0.0951. The van der Waals surface area contributed by atoms with Crippen molar-refractivity contribution in [2.45, 2.75) is 19.9 Å². The lowest BCUT2D eigenvalue weighted by Crippen LogP contribution is -2.31. The molecule has 0 aliphatic carbocycles. The van der Waals surface area contributed by atoms with Crippen molar-refractivity contribution in [2.24, 2.45) is 0 Å². The second kappa shape index (κ2) is 3.96. The third kappa shape index (κ3) is 2.23. The highest BCUT2D eigenvalue weighted by Gasteiger charge is 2.14. The highest BCUT2D eigenvalue weighted by molar-refractivity contribution is 7.08. The number of nitrogens with one attached hydrogen (secondary N) is 1. The van der Waals surface area contributed by atoms with Gasteiger partial charge in [-0.2, -0.15) is 5.26 Å². The van der Waals surface area contributed by atoms with Crippen LogP contribution < -0.4 is 5.32 Å². The Kier molecular flexibility index (Phi) is 2.93. The van der Waals surface area contributed by atoms with Gasteiger partial charge < -0.3 is 5.32 Å². The van der Waals surface area contributed by atoms with E-state index in [0.29, 0.717) is 10.6 Å². The SMILES string of the molecule is Cc1nnsc1C(=O)N[C@H](C)C#N. The Morgan fingerprint density at radius 3 is 2.92 bits per heavy atom. The second-order valence-corrected chi connectivity index (χ2v) is 3.27. The fraction of sp³-hybridized carbons (Fsp3) is 0.429. The monoisotopic (exact) mass is 196 g/mol. The predicted octanol–water partition coefficient (Wildman–Crippen LogP) is 0.488. The fourth-order valence-electron chi connectivity index (χ4n) is 0.734. The average Bonchev–Trinajstić information content (AvgIpc) is 2.51. The molecule has 0 saturated carbocycles. The number of carbonyl (C=O) groups is 1. The van der Waals surface area contributed by atoms with Crippen molar-refractivity contribution >= 4 is 17.4 Å². The molecule has 1 rings (SSSR count). The summed E-state index contributed by atoms with van der Waals surface area (Å²) in [6.07, 6.45) is 0. The van der Waals surface area contributed by atoms with Crippen LogP contribution in [-0.4, -0.2) is 21.5 Å². The van der Waals surface area contributed by atoms with E-state index in [9.17, 15) is 4.79 Å². The highest BCUT2D eigenvalue weighted by atomic mass is 32.1. The van der Waals surface area contributed by atoms with E-state index in [4.69, 9.17) is 5.26 Å². The maximum Gasteiger partial charge on any atom is 0.265 e. The van der Waals surface area contributed by atoms with Crippen molar-refractivity contribution in [2.75, 3.05) is 0 Å². The lowest BCUT2D eigenvalue weighted by atomic mass is 10.3. The Labute approximate surface area is 79.5 Å². The van der Waals surface area contributed by atoms with Gasteiger partial charge in [-0.05, 0) is 25.4 Å². The summed E-state index contributed by atoms with van der Waals surface area (Å²) >= 11 is 1.03. The van der Waals surface area contributed by atoms with Crippen molar-refractivity contribution < 1.29 is 4.79 Å². The van der Waals surface area contributed by atoms with Crippen molar-refractivity contribution in [1.82, 2.24) is 14.9 Å². The topological polar surface area (TPSA) is 78.7 Å². The van der Waals surface area contributed by atoms with E-state index in [1.165, 1.54) is 0 Å². The first-order chi connectivity index (χ1) is 6.15. The van der Waals surface area contributed by atoms with Crippen LogP contribution >= 0.6 is 11.5 Å². The summed E-state index contributed by atoms with van der Waals surface area (Å²) in [6.45, 7) is 3.32. The van der Waals surface area contributed by atoms with Gasteiger partial charge in [0.1, 0.15) is 10.9 Å². The summed E-state index contributed by atoms with van der Waals surface area (Å²) in [5, 5.41) is 14.7. The van der Waals surface area contributed by atoms with Gasteiger partial charge >= 0.3 is 0 Å². The van der Waals surface area contributed by atoms with Crippen LogP contribution in [0.25, 0.3) is 0 Å². The fourth-order valence-corrected chi connectivity index (χ4v) is 1.29. The minimum Gasteiger partial charge on any atom is -0.336 e. The number of hydrogen-bond donors (Lipinski definition) is 1. The first kappa shape index (κ1) is 9.61. The number of aromatic nitrogens is 2. The van der Waals surface area contributed by atoms with Crippen LogP contribution in [0.3, 0.4) is 0 Å². The number of nitrogens with zero attached hydrogens (tertiary/aromatic N) is 3. The molecule has 0 radical (unpaired) electrons. The first-order valence-corrected chi connectivity index (χ1v) is 4.42. The highest BCUT2D eigenvalue weighted by Crippen LogP contribution is 2.08. The molecule has 0 unspecified atom stereocenters. The quantitative estimate of drug-likeness (QED) is 0.746. The zero-order valence-corrected chi connectivity index (χ0v) is 8.05. The molecular formula is C7H8N4OS. The van der Waals surface area contributed by atoms with Gasteiger partial charge in [0.05, 0.1) is 11.8 Å². The zero-order chi connectivity index (χ0) is 9.84. The maximum absolute atomic E-state index is 11.4. The smallest absolute Gasteiger partial charge is 0.265 e. The molecule has 6 heteroatoms. The minimum absolute atomic E-state index is 0.290. The average molecular weight is 196 g/mol. The molecule has 0 bridgehead atoms. The minimum atomic E-state index is -0.492. The van der Waals surface area contributed by atoms with Crippen LogP contribution in [0.2, 0.25) is 0 Å². The van der Waals surface area contributed by atoms with Gasteiger partial charge in [-0.1, -0.05) is 4.49 Å². The van der Waals surface area contributed by atoms with Gasteiger partial charge in [0.25, 0.3) is 5.91 Å². The summed E-state index contributed by atoms with van der Waals surface area (Å²) in [4.78, 5) is 11.8. The van der Waals surface area contributed by atoms with Crippen molar-refractivity contribution in [3.05, 3.63) is 10.6 Å². The summed E-state index contributed by atoms with van der Waals surface area (Å²) in [6, 6.07) is 1.42. The molecule has 1 atom stereocenters. The summed E-state index contributed by atoms with van der Waals surface area (Å²) in [5.74, 6) is -0.290. The number of hydrogen-bond acceptors (Lipinski definition) is 5. The van der Waals surface area contributed by atoms with E-state index in [1.54, 1.807) is 13.8 Å². The molecule has 1 amide bonds. The molecule has 1 heterocycles. The van der Waals surface area contributed by atoms with Crippen molar-refractivity contribution in [3.63, 3.8) is 0 Å². The first-order valence-electron chi connectivity index (χ1n) is 3.64. The number of carbonyl (C=O) groups excluding carboxylic acids is 1. The van der Waals surface area contributed by atoms with Gasteiger partial charge in [-0.15, -0.1) is 5.10 Å². The number of aryl methyl sites for hydroxylation is 1. The van der Waals surface area contributed by atoms with Gasteiger partial charge in [0.15, 0.2) is 0 Å². The molecular weight excluding hydrogens is 188 g/mol. The van der Waals surface area contributed by atoms with Crippen molar-refractivity contribution in [1.29, 1.82) is 5.26 Å². The van der Waals surface area contributed by atoms with Gasteiger partial charge in [-0.3, -0.25) is 4.79 Å². The van der Waals surface area contributed by atoms with Crippen molar-refractivity contribution in [3.8, 4) is 6.07 Å². The molecule has 13 heavy (non-hydrogen) atoms. The number of nitriles is 1. The second-order valence-electron chi connectivity index (χ2n) is 2.51. The van der Waals surface area contributed by atoms with E-state index < -0.39 is 6.04 Å². The largest absolute Gasteiger partial charge is 0.336 e. The molecule has 0 aliphatic rings. The molecule has 1 aromatic heterocycles. The third-order valence-electron chi connectivity index (χ3n) is 1.40. The van der Waals surface area contributed by atoms with Gasteiger partial charge in [-0.25, -0.2) is 0 Å². The van der Waals surface area contributed by atoms with E-state index >= 15 is 0 Å². The maximum atomic E-state index is 11.4. The predicted molar refractivity (Wildman–Crippen MR) is 47.2 cm³/mol. The van der Waals surface area contributed by atoms with Gasteiger partial charge in [0, 0.05) is 0 Å². The molecule has 0 aromatic carbocycles. The molecule has 0 aliphatic heterocycles. The standard InChI is InChI=1S/C7H8N4OS/c1-4(3-8)9-7(12)6-5(2)10-11-13-6/h4H,1-2H3,(H,9,12)/t4-/m1/s1. The Balaban J connectivity index is 2.71. The van der Waals surface area contributed by atoms with E-state index in [2.05, 4.69) is 14.9 Å². The van der Waals surface area contributed by atoms with Crippen LogP contribution in [0, 0.1) is 18.3 Å². The van der Waals surface area contributed by atoms with Gasteiger partial charge in [0.2, 0.25) is 0 Å². The molecule has 0 saturated heterocycles. The van der Waals surface area contributed by atoms with E-state index in [-0.39, 0.29) is 5.91 Å². The van der Waals surface area contributed by atoms with Crippen LogP contribution in [0.5, 0.6) is 0 Å². The Morgan fingerprint density at radius 2 is 2.46 bits per heavy atom. The zero-order valence-electron chi connectivity index (χ0n) is 7.24. The number of amides is 1. The molecule has 68 valence electrons. The Morgan fingerprint density at radius 1 is 1.77 bits per heavy atom. The van der Waals surface area contributed by atoms with Crippen LogP contribution in [0.15, 0.2) is 0 Å². The third-order valence-corrected chi connectivity index (χ3v) is 2.23. The molecule has 1 aromatic rings. The molecule has 5 nitrogen and oxygen atoms in total. The Bertz CT molecular complexity index is 354. The summed E-state index contributed by atoms with van der Waals surface area (Å²) < 4.78 is 3.62.